The van der Waals surface area contributed by atoms with Gasteiger partial charge in [0.05, 0.1) is 22.3 Å². The molecular formula is C13H17N5S2. The van der Waals surface area contributed by atoms with Gasteiger partial charge in [-0.05, 0) is 24.5 Å². The van der Waals surface area contributed by atoms with Gasteiger partial charge in [0, 0.05) is 24.2 Å². The number of thiazole rings is 1. The van der Waals surface area contributed by atoms with Crippen molar-refractivity contribution in [3.8, 4) is 0 Å². The second kappa shape index (κ2) is 5.99. The van der Waals surface area contributed by atoms with E-state index in [1.165, 1.54) is 16.4 Å². The molecule has 0 saturated carbocycles. The van der Waals surface area contributed by atoms with Gasteiger partial charge in [-0.1, -0.05) is 18.3 Å². The van der Waals surface area contributed by atoms with Crippen LogP contribution in [0.15, 0.2) is 17.8 Å². The molecule has 1 unspecified atom stereocenters. The molecule has 0 aliphatic heterocycles. The van der Waals surface area contributed by atoms with Crippen LogP contribution in [-0.2, 0) is 12.8 Å². The molecule has 0 aliphatic rings. The summed E-state index contributed by atoms with van der Waals surface area (Å²) in [5.74, 6) is 0. The summed E-state index contributed by atoms with van der Waals surface area (Å²) >= 11 is 3.16. The fraction of sp³-hybridized carbons (Fsp3) is 0.462. The minimum absolute atomic E-state index is 0.250. The van der Waals surface area contributed by atoms with Gasteiger partial charge in [-0.2, -0.15) is 0 Å². The van der Waals surface area contributed by atoms with E-state index in [0.717, 1.165) is 35.7 Å². The van der Waals surface area contributed by atoms with E-state index >= 15 is 0 Å². The van der Waals surface area contributed by atoms with E-state index < -0.39 is 0 Å². The van der Waals surface area contributed by atoms with E-state index in [9.17, 15) is 0 Å². The van der Waals surface area contributed by atoms with E-state index in [0.29, 0.717) is 0 Å². The first-order valence-corrected chi connectivity index (χ1v) is 8.42. The molecule has 3 aromatic heterocycles. The van der Waals surface area contributed by atoms with Crippen LogP contribution in [0.3, 0.4) is 0 Å². The van der Waals surface area contributed by atoms with Crippen molar-refractivity contribution in [2.75, 3.05) is 6.54 Å². The highest BCUT2D eigenvalue weighted by Gasteiger charge is 2.19. The zero-order valence-electron chi connectivity index (χ0n) is 11.5. The van der Waals surface area contributed by atoms with Crippen molar-refractivity contribution in [2.24, 2.45) is 0 Å². The molecule has 5 nitrogen and oxygen atoms in total. The van der Waals surface area contributed by atoms with Crippen LogP contribution < -0.4 is 5.32 Å². The summed E-state index contributed by atoms with van der Waals surface area (Å²) < 4.78 is 6.18. The zero-order chi connectivity index (χ0) is 13.9. The van der Waals surface area contributed by atoms with E-state index in [1.54, 1.807) is 11.3 Å². The summed E-state index contributed by atoms with van der Waals surface area (Å²) in [5.41, 5.74) is 2.21. The van der Waals surface area contributed by atoms with Crippen LogP contribution in [0, 0.1) is 0 Å². The molecule has 7 heteroatoms. The SMILES string of the molecule is CCNC(Cc1cn2ccsc2n1)c1snnc1CC. The number of fused-ring (bicyclic) bond motifs is 1. The van der Waals surface area contributed by atoms with Crippen molar-refractivity contribution >= 4 is 27.8 Å². The Hall–Kier alpha value is -1.31. The molecule has 0 aliphatic carbocycles. The Morgan fingerprint density at radius 3 is 3.05 bits per heavy atom. The molecule has 0 saturated heterocycles. The number of nitrogens with zero attached hydrogens (tertiary/aromatic N) is 4. The lowest BCUT2D eigenvalue weighted by molar-refractivity contribution is 0.548. The van der Waals surface area contributed by atoms with Crippen molar-refractivity contribution in [3.63, 3.8) is 0 Å². The largest absolute Gasteiger partial charge is 0.309 e. The van der Waals surface area contributed by atoms with Crippen LogP contribution in [0.2, 0.25) is 0 Å². The van der Waals surface area contributed by atoms with Crippen molar-refractivity contribution in [1.82, 2.24) is 24.3 Å². The summed E-state index contributed by atoms with van der Waals surface area (Å²) in [5, 5.41) is 9.80. The predicted molar refractivity (Wildman–Crippen MR) is 82.5 cm³/mol. The third kappa shape index (κ3) is 2.61. The third-order valence-corrected chi connectivity index (χ3v) is 4.89. The van der Waals surface area contributed by atoms with Crippen LogP contribution in [0.1, 0.15) is 36.2 Å². The van der Waals surface area contributed by atoms with Gasteiger partial charge in [0.25, 0.3) is 0 Å². The van der Waals surface area contributed by atoms with Gasteiger partial charge in [-0.15, -0.1) is 16.4 Å². The van der Waals surface area contributed by atoms with Crippen LogP contribution in [0.4, 0.5) is 0 Å². The van der Waals surface area contributed by atoms with Crippen LogP contribution in [-0.4, -0.2) is 25.5 Å². The molecule has 1 N–H and O–H groups in total. The zero-order valence-corrected chi connectivity index (χ0v) is 13.2. The van der Waals surface area contributed by atoms with Gasteiger partial charge >= 0.3 is 0 Å². The standard InChI is InChI=1S/C13H17N5S2/c1-3-10-12(20-17-16-10)11(14-4-2)7-9-8-18-5-6-19-13(18)15-9/h5-6,8,11,14H,3-4,7H2,1-2H3. The van der Waals surface area contributed by atoms with Gasteiger partial charge < -0.3 is 5.32 Å². The van der Waals surface area contributed by atoms with Gasteiger partial charge in [0.2, 0.25) is 0 Å². The van der Waals surface area contributed by atoms with Crippen molar-refractivity contribution < 1.29 is 0 Å². The first-order chi connectivity index (χ1) is 9.81. The normalized spacial score (nSPS) is 13.1. The number of aromatic nitrogens is 4. The molecule has 1 atom stereocenters. The number of imidazole rings is 1. The second-order valence-corrected chi connectivity index (χ2v) is 6.24. The number of likely N-dealkylation sites (N-methyl/N-ethyl adjacent to an activating group) is 1. The minimum atomic E-state index is 0.250. The molecule has 20 heavy (non-hydrogen) atoms. The molecular weight excluding hydrogens is 290 g/mol. The molecule has 3 rings (SSSR count). The van der Waals surface area contributed by atoms with E-state index in [-0.39, 0.29) is 6.04 Å². The fourth-order valence-electron chi connectivity index (χ4n) is 2.31. The Bertz CT molecular complexity index is 655. The first-order valence-electron chi connectivity index (χ1n) is 6.77. The quantitative estimate of drug-likeness (QED) is 0.761. The average Bonchev–Trinajstić information content (AvgIpc) is 3.12. The molecule has 106 valence electrons. The molecule has 0 bridgehead atoms. The lowest BCUT2D eigenvalue weighted by atomic mass is 10.1. The number of hydrogen-bond acceptors (Lipinski definition) is 6. The smallest absolute Gasteiger partial charge is 0.193 e. The molecule has 0 amide bonds. The summed E-state index contributed by atoms with van der Waals surface area (Å²) in [4.78, 5) is 6.96. The molecule has 0 spiro atoms. The minimum Gasteiger partial charge on any atom is -0.309 e. The number of aryl methyl sites for hydroxylation is 1. The Balaban J connectivity index is 1.85. The fourth-order valence-corrected chi connectivity index (χ4v) is 3.84. The highest BCUT2D eigenvalue weighted by molar-refractivity contribution is 7.15. The van der Waals surface area contributed by atoms with Gasteiger partial charge in [0.15, 0.2) is 4.96 Å². The molecule has 0 radical (unpaired) electrons. The van der Waals surface area contributed by atoms with Crippen LogP contribution in [0.25, 0.3) is 4.96 Å². The topological polar surface area (TPSA) is 55.1 Å². The summed E-state index contributed by atoms with van der Waals surface area (Å²) in [7, 11) is 0. The molecule has 0 aromatic carbocycles. The summed E-state index contributed by atoms with van der Waals surface area (Å²) in [6.45, 7) is 5.17. The molecule has 0 fully saturated rings. The Morgan fingerprint density at radius 2 is 2.30 bits per heavy atom. The van der Waals surface area contributed by atoms with Crippen molar-refractivity contribution in [2.45, 2.75) is 32.7 Å². The van der Waals surface area contributed by atoms with Crippen LogP contribution in [0.5, 0.6) is 0 Å². The average molecular weight is 307 g/mol. The highest BCUT2D eigenvalue weighted by Crippen LogP contribution is 2.25. The van der Waals surface area contributed by atoms with Gasteiger partial charge in [-0.3, -0.25) is 4.40 Å². The maximum atomic E-state index is 4.67. The van der Waals surface area contributed by atoms with Gasteiger partial charge in [-0.25, -0.2) is 4.98 Å². The highest BCUT2D eigenvalue weighted by atomic mass is 32.1. The Kier molecular flexibility index (Phi) is 4.09. The summed E-state index contributed by atoms with van der Waals surface area (Å²) in [6, 6.07) is 0.250. The number of rotatable bonds is 6. The Labute approximate surface area is 125 Å². The van der Waals surface area contributed by atoms with E-state index in [2.05, 4.69) is 49.7 Å². The lowest BCUT2D eigenvalue weighted by Gasteiger charge is -2.15. The van der Waals surface area contributed by atoms with Crippen LogP contribution >= 0.6 is 22.9 Å². The maximum absolute atomic E-state index is 4.67. The van der Waals surface area contributed by atoms with Crippen molar-refractivity contribution in [1.29, 1.82) is 0 Å². The predicted octanol–water partition coefficient (Wildman–Crippen LogP) is 2.70. The Morgan fingerprint density at radius 1 is 1.40 bits per heavy atom. The third-order valence-electron chi connectivity index (χ3n) is 3.24. The molecule has 3 aromatic rings. The monoisotopic (exact) mass is 307 g/mol. The second-order valence-electron chi connectivity index (χ2n) is 4.58. The lowest BCUT2D eigenvalue weighted by Crippen LogP contribution is -2.23. The first kappa shape index (κ1) is 13.7. The van der Waals surface area contributed by atoms with Gasteiger partial charge in [0.1, 0.15) is 0 Å². The summed E-state index contributed by atoms with van der Waals surface area (Å²) in [6.07, 6.45) is 5.95. The molecule has 3 heterocycles. The number of hydrogen-bond donors (Lipinski definition) is 1. The van der Waals surface area contributed by atoms with E-state index in [1.807, 2.05) is 6.20 Å². The maximum Gasteiger partial charge on any atom is 0.193 e. The number of nitrogens with one attached hydrogen (secondary N) is 1. The van der Waals surface area contributed by atoms with Crippen molar-refractivity contribution in [3.05, 3.63) is 34.0 Å². The van der Waals surface area contributed by atoms with E-state index in [4.69, 9.17) is 0 Å².